The lowest BCUT2D eigenvalue weighted by Crippen LogP contribution is -2.00. The minimum Gasteiger partial charge on any atom is -0.478 e. The van der Waals surface area contributed by atoms with Crippen molar-refractivity contribution in [2.24, 2.45) is 7.05 Å². The molecule has 0 saturated carbocycles. The molecule has 0 aliphatic heterocycles. The van der Waals surface area contributed by atoms with Crippen molar-refractivity contribution in [1.29, 1.82) is 0 Å². The summed E-state index contributed by atoms with van der Waals surface area (Å²) in [5, 5.41) is 13.6. The van der Waals surface area contributed by atoms with Gasteiger partial charge in [0.25, 0.3) is 0 Å². The standard InChI is InChI=1S/C11H11N3O2S/c1-14-6-8(5-13-14)7-17-10-9(11(15)16)3-2-4-12-10/h2-6H,7H2,1H3,(H,15,16). The first-order chi connectivity index (χ1) is 8.16. The lowest BCUT2D eigenvalue weighted by Gasteiger charge is -2.02. The quantitative estimate of drug-likeness (QED) is 0.837. The average Bonchev–Trinajstić information content (AvgIpc) is 2.73. The van der Waals surface area contributed by atoms with E-state index in [-0.39, 0.29) is 5.56 Å². The summed E-state index contributed by atoms with van der Waals surface area (Å²) in [6.07, 6.45) is 5.25. The number of hydrogen-bond acceptors (Lipinski definition) is 4. The van der Waals surface area contributed by atoms with E-state index < -0.39 is 5.97 Å². The molecule has 0 atom stereocenters. The fraction of sp³-hybridized carbons (Fsp3) is 0.182. The third-order valence-electron chi connectivity index (χ3n) is 2.14. The number of carbonyl (C=O) groups is 1. The highest BCUT2D eigenvalue weighted by Crippen LogP contribution is 2.23. The van der Waals surface area contributed by atoms with Gasteiger partial charge in [0.1, 0.15) is 5.03 Å². The van der Waals surface area contributed by atoms with Crippen LogP contribution in [0, 0.1) is 0 Å². The van der Waals surface area contributed by atoms with Gasteiger partial charge in [0, 0.05) is 30.8 Å². The van der Waals surface area contributed by atoms with Crippen LogP contribution in [0.1, 0.15) is 15.9 Å². The Morgan fingerprint density at radius 1 is 1.59 bits per heavy atom. The van der Waals surface area contributed by atoms with Crippen LogP contribution < -0.4 is 0 Å². The Labute approximate surface area is 102 Å². The van der Waals surface area contributed by atoms with Crippen molar-refractivity contribution in [2.45, 2.75) is 10.8 Å². The van der Waals surface area contributed by atoms with Crippen molar-refractivity contribution in [3.8, 4) is 0 Å². The van der Waals surface area contributed by atoms with Gasteiger partial charge in [-0.15, -0.1) is 11.8 Å². The van der Waals surface area contributed by atoms with Crippen LogP contribution in [-0.2, 0) is 12.8 Å². The summed E-state index contributed by atoms with van der Waals surface area (Å²) in [4.78, 5) is 15.0. The van der Waals surface area contributed by atoms with Gasteiger partial charge in [-0.2, -0.15) is 5.10 Å². The number of carboxylic acids is 1. The van der Waals surface area contributed by atoms with E-state index in [0.29, 0.717) is 10.8 Å². The highest BCUT2D eigenvalue weighted by Gasteiger charge is 2.11. The summed E-state index contributed by atoms with van der Waals surface area (Å²) in [5.41, 5.74) is 1.28. The molecule has 0 aromatic carbocycles. The van der Waals surface area contributed by atoms with Crippen LogP contribution in [0.4, 0.5) is 0 Å². The van der Waals surface area contributed by atoms with Crippen LogP contribution >= 0.6 is 11.8 Å². The van der Waals surface area contributed by atoms with Gasteiger partial charge in [-0.1, -0.05) is 0 Å². The minimum atomic E-state index is -0.952. The molecule has 0 bridgehead atoms. The summed E-state index contributed by atoms with van der Waals surface area (Å²) in [5.74, 6) is -0.294. The zero-order valence-corrected chi connectivity index (χ0v) is 10.0. The van der Waals surface area contributed by atoms with E-state index in [2.05, 4.69) is 10.1 Å². The number of aromatic carboxylic acids is 1. The maximum atomic E-state index is 11.0. The molecule has 0 radical (unpaired) electrons. The maximum absolute atomic E-state index is 11.0. The SMILES string of the molecule is Cn1cc(CSc2ncccc2C(=O)O)cn1. The molecule has 0 aliphatic rings. The van der Waals surface area contributed by atoms with Crippen LogP contribution in [0.25, 0.3) is 0 Å². The van der Waals surface area contributed by atoms with Crippen molar-refractivity contribution in [1.82, 2.24) is 14.8 Å². The molecule has 2 heterocycles. The molecule has 17 heavy (non-hydrogen) atoms. The zero-order valence-electron chi connectivity index (χ0n) is 9.20. The van der Waals surface area contributed by atoms with Crippen LogP contribution in [0.15, 0.2) is 35.7 Å². The maximum Gasteiger partial charge on any atom is 0.338 e. The number of pyridine rings is 1. The Morgan fingerprint density at radius 2 is 2.41 bits per heavy atom. The third kappa shape index (κ3) is 2.85. The number of thioether (sulfide) groups is 1. The highest BCUT2D eigenvalue weighted by atomic mass is 32.2. The summed E-state index contributed by atoms with van der Waals surface area (Å²) in [7, 11) is 1.84. The van der Waals surface area contributed by atoms with Crippen LogP contribution in [0.2, 0.25) is 0 Å². The first-order valence-corrected chi connectivity index (χ1v) is 5.94. The van der Waals surface area contributed by atoms with Gasteiger partial charge >= 0.3 is 5.97 Å². The molecular weight excluding hydrogens is 238 g/mol. The van der Waals surface area contributed by atoms with Crippen molar-refractivity contribution in [3.05, 3.63) is 41.9 Å². The molecule has 0 unspecified atom stereocenters. The Balaban J connectivity index is 2.11. The van der Waals surface area contributed by atoms with Crippen molar-refractivity contribution in [2.75, 3.05) is 0 Å². The Morgan fingerprint density at radius 3 is 3.06 bits per heavy atom. The molecule has 2 aromatic rings. The van der Waals surface area contributed by atoms with Gasteiger partial charge in [0.2, 0.25) is 0 Å². The lowest BCUT2D eigenvalue weighted by molar-refractivity contribution is 0.0692. The fourth-order valence-corrected chi connectivity index (χ4v) is 2.27. The van der Waals surface area contributed by atoms with Crippen LogP contribution in [0.3, 0.4) is 0 Å². The first-order valence-electron chi connectivity index (χ1n) is 4.95. The predicted octanol–water partition coefficient (Wildman–Crippen LogP) is 1.81. The fourth-order valence-electron chi connectivity index (χ4n) is 1.37. The van der Waals surface area contributed by atoms with Gasteiger partial charge in [-0.25, -0.2) is 9.78 Å². The summed E-state index contributed by atoms with van der Waals surface area (Å²) < 4.78 is 1.71. The lowest BCUT2D eigenvalue weighted by atomic mass is 10.3. The number of aryl methyl sites for hydroxylation is 1. The second kappa shape index (κ2) is 5.01. The van der Waals surface area contributed by atoms with Gasteiger partial charge in [0.05, 0.1) is 11.8 Å². The topological polar surface area (TPSA) is 68.0 Å². The Hall–Kier alpha value is -1.82. The predicted molar refractivity (Wildman–Crippen MR) is 64.0 cm³/mol. The highest BCUT2D eigenvalue weighted by molar-refractivity contribution is 7.98. The second-order valence-corrected chi connectivity index (χ2v) is 4.44. The molecule has 0 spiro atoms. The van der Waals surface area contributed by atoms with E-state index >= 15 is 0 Å². The minimum absolute atomic E-state index is 0.237. The summed E-state index contributed by atoms with van der Waals surface area (Å²) >= 11 is 1.40. The van der Waals surface area contributed by atoms with E-state index in [1.54, 1.807) is 29.2 Å². The van der Waals surface area contributed by atoms with Crippen molar-refractivity contribution >= 4 is 17.7 Å². The van der Waals surface area contributed by atoms with Gasteiger partial charge in [0.15, 0.2) is 0 Å². The van der Waals surface area contributed by atoms with E-state index in [0.717, 1.165) is 5.56 Å². The molecule has 2 aromatic heterocycles. The summed E-state index contributed by atoms with van der Waals surface area (Å²) in [6.45, 7) is 0. The molecule has 0 saturated heterocycles. The van der Waals surface area contributed by atoms with E-state index in [4.69, 9.17) is 5.11 Å². The van der Waals surface area contributed by atoms with E-state index in [9.17, 15) is 4.79 Å². The molecule has 6 heteroatoms. The largest absolute Gasteiger partial charge is 0.478 e. The molecule has 1 N–H and O–H groups in total. The zero-order chi connectivity index (χ0) is 12.3. The number of rotatable bonds is 4. The van der Waals surface area contributed by atoms with Gasteiger partial charge < -0.3 is 5.11 Å². The van der Waals surface area contributed by atoms with Crippen molar-refractivity contribution < 1.29 is 9.90 Å². The molecule has 0 amide bonds. The third-order valence-corrected chi connectivity index (χ3v) is 3.21. The first kappa shape index (κ1) is 11.7. The van der Waals surface area contributed by atoms with Crippen molar-refractivity contribution in [3.63, 3.8) is 0 Å². The molecular formula is C11H11N3O2S. The molecule has 5 nitrogen and oxygen atoms in total. The van der Waals surface area contributed by atoms with Gasteiger partial charge in [-0.3, -0.25) is 4.68 Å². The van der Waals surface area contributed by atoms with Gasteiger partial charge in [-0.05, 0) is 12.1 Å². The van der Waals surface area contributed by atoms with Crippen LogP contribution in [0.5, 0.6) is 0 Å². The summed E-state index contributed by atoms with van der Waals surface area (Å²) in [6, 6.07) is 3.18. The average molecular weight is 249 g/mol. The normalized spacial score (nSPS) is 10.4. The number of carboxylic acid groups (broad SMARTS) is 1. The Kier molecular flexibility index (Phi) is 3.43. The Bertz CT molecular complexity index is 539. The molecule has 88 valence electrons. The molecule has 2 rings (SSSR count). The second-order valence-electron chi connectivity index (χ2n) is 3.47. The van der Waals surface area contributed by atoms with E-state index in [1.165, 1.54) is 11.8 Å². The molecule has 0 aliphatic carbocycles. The molecule has 0 fully saturated rings. The smallest absolute Gasteiger partial charge is 0.338 e. The van der Waals surface area contributed by atoms with Crippen LogP contribution in [-0.4, -0.2) is 25.8 Å². The number of nitrogens with zero attached hydrogens (tertiary/aromatic N) is 3. The number of aromatic nitrogens is 3. The van der Waals surface area contributed by atoms with E-state index in [1.807, 2.05) is 13.2 Å². The monoisotopic (exact) mass is 249 g/mol. The number of hydrogen-bond donors (Lipinski definition) is 1.